The Morgan fingerprint density at radius 2 is 1.90 bits per heavy atom. The van der Waals surface area contributed by atoms with Gasteiger partial charge in [-0.3, -0.25) is 9.59 Å². The molecule has 2 aliphatic heterocycles. The fourth-order valence-corrected chi connectivity index (χ4v) is 3.79. The van der Waals surface area contributed by atoms with Crippen molar-refractivity contribution in [2.75, 3.05) is 11.4 Å². The fourth-order valence-electron chi connectivity index (χ4n) is 2.53. The van der Waals surface area contributed by atoms with Crippen LogP contribution in [-0.2, 0) is 22.6 Å². The van der Waals surface area contributed by atoms with Crippen LogP contribution in [0.4, 0.5) is 5.00 Å². The van der Waals surface area contributed by atoms with Gasteiger partial charge in [0.15, 0.2) is 0 Å². The normalized spacial score (nSPS) is 18.6. The third-order valence-corrected chi connectivity index (χ3v) is 5.05. The number of nitriles is 1. The van der Waals surface area contributed by atoms with Gasteiger partial charge in [0.25, 0.3) is 11.8 Å². The first-order valence-corrected chi connectivity index (χ1v) is 7.19. The number of nitrogens with one attached hydrogen (secondary N) is 1. The van der Waals surface area contributed by atoms with Gasteiger partial charge in [-0.1, -0.05) is 0 Å². The first-order chi connectivity index (χ1) is 9.56. The van der Waals surface area contributed by atoms with Crippen LogP contribution in [0.3, 0.4) is 0 Å². The topological polar surface area (TPSA) is 73.2 Å². The standard InChI is InChI=1S/C14H13N3O2S/c1-7-8(2)13(19)17(12(7)18)14-10(5-15)9-3-4-16-6-11(9)20-14/h16H,3-4,6H2,1-2H3. The average Bonchev–Trinajstić information content (AvgIpc) is 2.91. The molecular weight excluding hydrogens is 274 g/mol. The van der Waals surface area contributed by atoms with Crippen LogP contribution in [0, 0.1) is 11.3 Å². The SMILES string of the molecule is CC1=C(C)C(=O)N(c2sc3c(c2C#N)CCNC3)C1=O. The van der Waals surface area contributed by atoms with Crippen molar-refractivity contribution in [2.45, 2.75) is 26.8 Å². The van der Waals surface area contributed by atoms with E-state index in [9.17, 15) is 14.9 Å². The van der Waals surface area contributed by atoms with Crippen molar-refractivity contribution in [1.29, 1.82) is 5.26 Å². The minimum Gasteiger partial charge on any atom is -0.312 e. The van der Waals surface area contributed by atoms with Gasteiger partial charge in [-0.05, 0) is 32.4 Å². The van der Waals surface area contributed by atoms with E-state index in [0.717, 1.165) is 28.3 Å². The summed E-state index contributed by atoms with van der Waals surface area (Å²) in [6.45, 7) is 4.81. The first kappa shape index (κ1) is 13.0. The zero-order valence-corrected chi connectivity index (χ0v) is 12.1. The maximum atomic E-state index is 12.2. The number of anilines is 1. The van der Waals surface area contributed by atoms with Crippen LogP contribution in [0.15, 0.2) is 11.1 Å². The number of imide groups is 1. The third-order valence-electron chi connectivity index (χ3n) is 3.83. The lowest BCUT2D eigenvalue weighted by Crippen LogP contribution is -2.31. The van der Waals surface area contributed by atoms with Gasteiger partial charge >= 0.3 is 0 Å². The lowest BCUT2D eigenvalue weighted by atomic mass is 10.0. The molecule has 0 saturated heterocycles. The Balaban J connectivity index is 2.13. The molecule has 0 aliphatic carbocycles. The highest BCUT2D eigenvalue weighted by atomic mass is 32.1. The van der Waals surface area contributed by atoms with E-state index in [1.165, 1.54) is 11.3 Å². The van der Waals surface area contributed by atoms with E-state index in [1.54, 1.807) is 13.8 Å². The first-order valence-electron chi connectivity index (χ1n) is 6.38. The van der Waals surface area contributed by atoms with Crippen LogP contribution in [0.1, 0.15) is 29.9 Å². The van der Waals surface area contributed by atoms with E-state index in [1.807, 2.05) is 0 Å². The molecule has 2 aliphatic rings. The van der Waals surface area contributed by atoms with Gasteiger partial charge in [0, 0.05) is 22.6 Å². The highest BCUT2D eigenvalue weighted by molar-refractivity contribution is 7.17. The Bertz CT molecular complexity index is 685. The molecule has 2 amide bonds. The fraction of sp³-hybridized carbons (Fsp3) is 0.357. The van der Waals surface area contributed by atoms with Gasteiger partial charge in [0.05, 0.1) is 5.56 Å². The van der Waals surface area contributed by atoms with Crippen molar-refractivity contribution in [2.24, 2.45) is 0 Å². The van der Waals surface area contributed by atoms with Gasteiger partial charge in [-0.25, -0.2) is 4.90 Å². The molecule has 0 bridgehead atoms. The zero-order valence-electron chi connectivity index (χ0n) is 11.2. The number of carbonyl (C=O) groups is 2. The van der Waals surface area contributed by atoms with E-state index < -0.39 is 0 Å². The molecule has 0 aromatic carbocycles. The van der Waals surface area contributed by atoms with Gasteiger partial charge in [0.1, 0.15) is 11.1 Å². The summed E-state index contributed by atoms with van der Waals surface area (Å²) in [6.07, 6.45) is 0.760. The number of thiophene rings is 1. The van der Waals surface area contributed by atoms with Crippen molar-refractivity contribution < 1.29 is 9.59 Å². The molecular formula is C14H13N3O2S. The van der Waals surface area contributed by atoms with Crippen LogP contribution < -0.4 is 10.2 Å². The summed E-state index contributed by atoms with van der Waals surface area (Å²) in [4.78, 5) is 26.7. The summed E-state index contributed by atoms with van der Waals surface area (Å²) in [5.41, 5.74) is 2.39. The van der Waals surface area contributed by atoms with Crippen molar-refractivity contribution >= 4 is 28.2 Å². The lowest BCUT2D eigenvalue weighted by Gasteiger charge is -2.13. The van der Waals surface area contributed by atoms with Crippen molar-refractivity contribution in [1.82, 2.24) is 5.32 Å². The van der Waals surface area contributed by atoms with E-state index in [2.05, 4.69) is 11.4 Å². The zero-order chi connectivity index (χ0) is 14.4. The van der Waals surface area contributed by atoms with Crippen LogP contribution in [0.25, 0.3) is 0 Å². The van der Waals surface area contributed by atoms with Gasteiger partial charge in [-0.2, -0.15) is 5.26 Å². The summed E-state index contributed by atoms with van der Waals surface area (Å²) in [7, 11) is 0. The van der Waals surface area contributed by atoms with Gasteiger partial charge in [0.2, 0.25) is 0 Å². The van der Waals surface area contributed by atoms with Crippen LogP contribution in [0.5, 0.6) is 0 Å². The molecule has 1 N–H and O–H groups in total. The number of rotatable bonds is 1. The molecule has 5 nitrogen and oxygen atoms in total. The minimum absolute atomic E-state index is 0.310. The average molecular weight is 287 g/mol. The maximum absolute atomic E-state index is 12.2. The highest BCUT2D eigenvalue weighted by Gasteiger charge is 2.38. The molecule has 20 heavy (non-hydrogen) atoms. The van der Waals surface area contributed by atoms with E-state index in [4.69, 9.17) is 0 Å². The molecule has 0 fully saturated rings. The summed E-state index contributed by atoms with van der Waals surface area (Å²) in [5.74, 6) is -0.619. The minimum atomic E-state index is -0.310. The lowest BCUT2D eigenvalue weighted by molar-refractivity contribution is -0.120. The predicted molar refractivity (Wildman–Crippen MR) is 75.3 cm³/mol. The highest BCUT2D eigenvalue weighted by Crippen LogP contribution is 2.40. The second-order valence-electron chi connectivity index (χ2n) is 4.92. The Morgan fingerprint density at radius 3 is 2.50 bits per heavy atom. The quantitative estimate of drug-likeness (QED) is 0.794. The summed E-state index contributed by atoms with van der Waals surface area (Å²) < 4.78 is 0. The molecule has 1 aromatic heterocycles. The van der Waals surface area contributed by atoms with Crippen LogP contribution >= 0.6 is 11.3 Å². The molecule has 1 aromatic rings. The van der Waals surface area contributed by atoms with Gasteiger partial charge in [-0.15, -0.1) is 11.3 Å². The molecule has 0 atom stereocenters. The second-order valence-corrected chi connectivity index (χ2v) is 6.00. The number of hydrogen-bond acceptors (Lipinski definition) is 5. The van der Waals surface area contributed by atoms with Gasteiger partial charge < -0.3 is 5.32 Å². The molecule has 3 rings (SSSR count). The Hall–Kier alpha value is -1.97. The van der Waals surface area contributed by atoms with E-state index >= 15 is 0 Å². The molecule has 0 radical (unpaired) electrons. The number of hydrogen-bond donors (Lipinski definition) is 1. The summed E-state index contributed by atoms with van der Waals surface area (Å²) in [5, 5.41) is 13.1. The second kappa shape index (κ2) is 4.54. The third kappa shape index (κ3) is 1.64. The smallest absolute Gasteiger partial charge is 0.262 e. The van der Waals surface area contributed by atoms with Crippen molar-refractivity contribution in [3.05, 3.63) is 27.2 Å². The molecule has 0 saturated carbocycles. The molecule has 102 valence electrons. The van der Waals surface area contributed by atoms with E-state index in [0.29, 0.717) is 28.3 Å². The summed E-state index contributed by atoms with van der Waals surface area (Å²) >= 11 is 1.37. The van der Waals surface area contributed by atoms with Crippen molar-refractivity contribution in [3.63, 3.8) is 0 Å². The molecule has 0 spiro atoms. The molecule has 0 unspecified atom stereocenters. The maximum Gasteiger partial charge on any atom is 0.262 e. The summed E-state index contributed by atoms with van der Waals surface area (Å²) in [6, 6.07) is 2.17. The Morgan fingerprint density at radius 1 is 1.25 bits per heavy atom. The van der Waals surface area contributed by atoms with Crippen LogP contribution in [-0.4, -0.2) is 18.4 Å². The Kier molecular flexibility index (Phi) is 2.96. The van der Waals surface area contributed by atoms with E-state index in [-0.39, 0.29) is 11.8 Å². The molecule has 6 heteroatoms. The van der Waals surface area contributed by atoms with Crippen LogP contribution in [0.2, 0.25) is 0 Å². The number of amides is 2. The predicted octanol–water partition coefficient (Wildman–Crippen LogP) is 1.48. The van der Waals surface area contributed by atoms with Crippen molar-refractivity contribution in [3.8, 4) is 6.07 Å². The number of carbonyl (C=O) groups excluding carboxylic acids is 2. The largest absolute Gasteiger partial charge is 0.312 e. The monoisotopic (exact) mass is 287 g/mol. The number of nitrogens with zero attached hydrogens (tertiary/aromatic N) is 2. The molecule has 3 heterocycles. The number of fused-ring (bicyclic) bond motifs is 1. The Labute approximate surface area is 120 Å².